The van der Waals surface area contributed by atoms with Gasteiger partial charge in [0.1, 0.15) is 11.7 Å². The smallest absolute Gasteiger partial charge is 0.383 e. The van der Waals surface area contributed by atoms with Crippen LogP contribution < -0.4 is 20.4 Å². The summed E-state index contributed by atoms with van der Waals surface area (Å²) in [5.74, 6) is 1.46. The Labute approximate surface area is 267 Å². The molecular weight excluding hydrogens is 597 g/mol. The van der Waals surface area contributed by atoms with E-state index in [1.807, 2.05) is 36.1 Å². The first-order valence-corrected chi connectivity index (χ1v) is 15.9. The Kier molecular flexibility index (Phi) is 9.62. The van der Waals surface area contributed by atoms with Crippen LogP contribution in [-0.2, 0) is 15.7 Å². The van der Waals surface area contributed by atoms with Crippen molar-refractivity contribution in [3.63, 3.8) is 0 Å². The number of morpholine rings is 2. The van der Waals surface area contributed by atoms with Crippen molar-refractivity contribution < 1.29 is 22.6 Å². The number of halogens is 3. The zero-order valence-electron chi connectivity index (χ0n) is 26.4. The third kappa shape index (κ3) is 7.37. The van der Waals surface area contributed by atoms with Gasteiger partial charge in [-0.15, -0.1) is 0 Å². The first-order chi connectivity index (χ1) is 22.2. The van der Waals surface area contributed by atoms with Crippen LogP contribution in [0.15, 0.2) is 47.5 Å². The van der Waals surface area contributed by atoms with Crippen molar-refractivity contribution in [3.05, 3.63) is 59.2 Å². The number of ether oxygens (including phenoxy) is 2. The maximum atomic E-state index is 14.0. The minimum absolute atomic E-state index is 0.0139. The van der Waals surface area contributed by atoms with Crippen LogP contribution in [0.3, 0.4) is 0 Å². The Bertz CT molecular complexity index is 1510. The molecule has 2 N–H and O–H groups in total. The fourth-order valence-corrected chi connectivity index (χ4v) is 6.01. The van der Waals surface area contributed by atoms with E-state index >= 15 is 0 Å². The molecular formula is C33H41F3N8O2. The van der Waals surface area contributed by atoms with E-state index in [0.717, 1.165) is 61.4 Å². The molecule has 0 spiro atoms. The van der Waals surface area contributed by atoms with Crippen molar-refractivity contribution in [2.24, 2.45) is 10.7 Å². The standard InChI is InChI=1S/C33H41F3N8O2/c1-3-41-6-8-42(9-7-41)27-19-24(18-25(20-27)33(34,35)36)31(37)38-26-5-4-23(2)28(21-26)29-22-30(43-10-14-45-15-11-43)40-32(39-29)44-12-16-46-17-13-44/h4-5,18-22H,3,6-17H2,1-2H3,(H2,37,38). The van der Waals surface area contributed by atoms with E-state index in [4.69, 9.17) is 25.2 Å². The minimum atomic E-state index is -4.52. The Hall–Kier alpha value is -3.94. The van der Waals surface area contributed by atoms with Crippen molar-refractivity contribution in [2.75, 3.05) is 100 Å². The average molecular weight is 639 g/mol. The first-order valence-electron chi connectivity index (χ1n) is 15.9. The second-order valence-corrected chi connectivity index (χ2v) is 11.8. The van der Waals surface area contributed by atoms with Crippen LogP contribution in [0.4, 0.5) is 36.3 Å². The van der Waals surface area contributed by atoms with Gasteiger partial charge in [0.25, 0.3) is 0 Å². The van der Waals surface area contributed by atoms with Crippen LogP contribution in [0, 0.1) is 6.92 Å². The lowest BCUT2D eigenvalue weighted by Crippen LogP contribution is -2.46. The highest BCUT2D eigenvalue weighted by molar-refractivity contribution is 6.00. The predicted molar refractivity (Wildman–Crippen MR) is 174 cm³/mol. The summed E-state index contributed by atoms with van der Waals surface area (Å²) < 4.78 is 53.1. The van der Waals surface area contributed by atoms with Gasteiger partial charge in [0.2, 0.25) is 5.95 Å². The van der Waals surface area contributed by atoms with Crippen LogP contribution in [-0.4, -0.2) is 106 Å². The second-order valence-electron chi connectivity index (χ2n) is 11.8. The van der Waals surface area contributed by atoms with Gasteiger partial charge in [0, 0.05) is 75.2 Å². The molecule has 0 saturated carbocycles. The van der Waals surface area contributed by atoms with Gasteiger partial charge in [-0.1, -0.05) is 13.0 Å². The molecule has 3 aromatic rings. The topological polar surface area (TPSA) is 95.6 Å². The summed E-state index contributed by atoms with van der Waals surface area (Å²) in [4.78, 5) is 23.1. The van der Waals surface area contributed by atoms with E-state index in [-0.39, 0.29) is 11.4 Å². The molecule has 3 aliphatic rings. The minimum Gasteiger partial charge on any atom is -0.383 e. The molecule has 10 nitrogen and oxygen atoms in total. The van der Waals surface area contributed by atoms with Crippen LogP contribution in [0.1, 0.15) is 23.6 Å². The zero-order valence-corrected chi connectivity index (χ0v) is 26.4. The summed E-state index contributed by atoms with van der Waals surface area (Å²) in [6.45, 7) is 13.2. The number of piperazine rings is 1. The molecule has 3 saturated heterocycles. The number of aryl methyl sites for hydroxylation is 1. The molecule has 4 heterocycles. The number of hydrogen-bond acceptors (Lipinski definition) is 9. The quantitative estimate of drug-likeness (QED) is 0.300. The van der Waals surface area contributed by atoms with Gasteiger partial charge in [0.15, 0.2) is 0 Å². The van der Waals surface area contributed by atoms with E-state index in [1.165, 1.54) is 6.07 Å². The van der Waals surface area contributed by atoms with E-state index in [9.17, 15) is 13.2 Å². The molecule has 1 aromatic heterocycles. The molecule has 13 heteroatoms. The molecule has 6 rings (SSSR count). The summed E-state index contributed by atoms with van der Waals surface area (Å²) in [7, 11) is 0. The maximum absolute atomic E-state index is 14.0. The number of nitrogens with zero attached hydrogens (tertiary/aromatic N) is 7. The van der Waals surface area contributed by atoms with Crippen molar-refractivity contribution >= 4 is 29.0 Å². The van der Waals surface area contributed by atoms with Gasteiger partial charge in [-0.05, 0) is 49.4 Å². The summed E-state index contributed by atoms with van der Waals surface area (Å²) >= 11 is 0. The van der Waals surface area contributed by atoms with Crippen LogP contribution in [0.2, 0.25) is 0 Å². The van der Waals surface area contributed by atoms with Crippen molar-refractivity contribution in [1.82, 2.24) is 14.9 Å². The third-order valence-corrected chi connectivity index (χ3v) is 8.80. The molecule has 3 fully saturated rings. The monoisotopic (exact) mass is 638 g/mol. The van der Waals surface area contributed by atoms with Crippen molar-refractivity contribution in [2.45, 2.75) is 20.0 Å². The van der Waals surface area contributed by atoms with E-state index in [0.29, 0.717) is 69.9 Å². The lowest BCUT2D eigenvalue weighted by Gasteiger charge is -2.36. The lowest BCUT2D eigenvalue weighted by atomic mass is 10.0. The number of rotatable bonds is 7. The highest BCUT2D eigenvalue weighted by Gasteiger charge is 2.32. The Balaban J connectivity index is 1.35. The number of anilines is 3. The molecule has 0 aliphatic carbocycles. The van der Waals surface area contributed by atoms with Gasteiger partial charge in [-0.2, -0.15) is 18.2 Å². The van der Waals surface area contributed by atoms with E-state index < -0.39 is 11.7 Å². The second kappa shape index (κ2) is 13.8. The average Bonchev–Trinajstić information content (AvgIpc) is 3.09. The number of hydrogen-bond donors (Lipinski definition) is 1. The van der Waals surface area contributed by atoms with E-state index in [2.05, 4.69) is 26.6 Å². The van der Waals surface area contributed by atoms with E-state index in [1.54, 1.807) is 6.07 Å². The Morgan fingerprint density at radius 3 is 2.15 bits per heavy atom. The molecule has 46 heavy (non-hydrogen) atoms. The van der Waals surface area contributed by atoms with Gasteiger partial charge < -0.3 is 34.8 Å². The number of alkyl halides is 3. The van der Waals surface area contributed by atoms with Crippen molar-refractivity contribution in [3.8, 4) is 11.3 Å². The SMILES string of the molecule is CCN1CCN(c2cc(C(N)=Nc3ccc(C)c(-c4cc(N5CCOCC5)nc(N5CCOCC5)n4)c3)cc(C(F)(F)F)c2)CC1. The number of likely N-dealkylation sites (N-methyl/N-ethyl adjacent to an activating group) is 1. The lowest BCUT2D eigenvalue weighted by molar-refractivity contribution is -0.137. The molecule has 2 aromatic carbocycles. The van der Waals surface area contributed by atoms with Crippen molar-refractivity contribution in [1.29, 1.82) is 0 Å². The summed E-state index contributed by atoms with van der Waals surface area (Å²) in [6, 6.07) is 11.6. The highest BCUT2D eigenvalue weighted by Crippen LogP contribution is 2.35. The zero-order chi connectivity index (χ0) is 32.3. The molecule has 246 valence electrons. The maximum Gasteiger partial charge on any atom is 0.416 e. The molecule has 0 radical (unpaired) electrons. The fraction of sp³-hybridized carbons (Fsp3) is 0.485. The fourth-order valence-electron chi connectivity index (χ4n) is 6.01. The van der Waals surface area contributed by atoms with Crippen LogP contribution >= 0.6 is 0 Å². The van der Waals surface area contributed by atoms with Gasteiger partial charge >= 0.3 is 6.18 Å². The first kappa shape index (κ1) is 32.0. The van der Waals surface area contributed by atoms with Crippen LogP contribution in [0.5, 0.6) is 0 Å². The number of aliphatic imine (C=N–C) groups is 1. The summed E-state index contributed by atoms with van der Waals surface area (Å²) in [5, 5.41) is 0. The Morgan fingerprint density at radius 2 is 1.50 bits per heavy atom. The molecule has 0 bridgehead atoms. The number of nitrogens with two attached hydrogens (primary N) is 1. The van der Waals surface area contributed by atoms with Gasteiger partial charge in [-0.25, -0.2) is 9.98 Å². The summed E-state index contributed by atoms with van der Waals surface area (Å²) in [6.07, 6.45) is -4.52. The van der Waals surface area contributed by atoms with Gasteiger partial charge in [-0.3, -0.25) is 0 Å². The molecule has 0 unspecified atom stereocenters. The molecule has 3 aliphatic heterocycles. The Morgan fingerprint density at radius 1 is 0.826 bits per heavy atom. The third-order valence-electron chi connectivity index (χ3n) is 8.80. The van der Waals surface area contributed by atoms with Gasteiger partial charge in [0.05, 0.1) is 43.4 Å². The largest absolute Gasteiger partial charge is 0.416 e. The molecule has 0 amide bonds. The number of benzene rings is 2. The number of aromatic nitrogens is 2. The highest BCUT2D eigenvalue weighted by atomic mass is 19.4. The summed E-state index contributed by atoms with van der Waals surface area (Å²) in [5.41, 5.74) is 9.51. The normalized spacial score (nSPS) is 18.7. The molecule has 0 atom stereocenters. The predicted octanol–water partition coefficient (Wildman–Crippen LogP) is 4.32. The van der Waals surface area contributed by atoms with Crippen LogP contribution in [0.25, 0.3) is 11.3 Å². The number of amidine groups is 1.